The normalized spacial score (nSPS) is 24.0. The average Bonchev–Trinajstić information content (AvgIpc) is 2.69. The van der Waals surface area contributed by atoms with Crippen LogP contribution in [0.25, 0.3) is 0 Å². The number of likely N-dealkylation sites (tertiary alicyclic amines) is 1. The van der Waals surface area contributed by atoms with E-state index in [1.54, 1.807) is 4.90 Å². The molecule has 3 rings (SSSR count). The summed E-state index contributed by atoms with van der Waals surface area (Å²) in [5.74, 6) is -0.514. The highest BCUT2D eigenvalue weighted by atomic mass is 16.2. The first-order valence-electron chi connectivity index (χ1n) is 6.19. The van der Waals surface area contributed by atoms with Crippen LogP contribution in [0.5, 0.6) is 0 Å². The van der Waals surface area contributed by atoms with Gasteiger partial charge in [0.1, 0.15) is 0 Å². The lowest BCUT2D eigenvalue weighted by Crippen LogP contribution is -2.33. The molecular weight excluding hydrogens is 214 g/mol. The first-order valence-corrected chi connectivity index (χ1v) is 6.19. The van der Waals surface area contributed by atoms with Crippen LogP contribution >= 0.6 is 0 Å². The van der Waals surface area contributed by atoms with E-state index in [-0.39, 0.29) is 17.7 Å². The number of carbonyl (C=O) groups is 2. The van der Waals surface area contributed by atoms with E-state index in [9.17, 15) is 9.59 Å². The van der Waals surface area contributed by atoms with Gasteiger partial charge in [0.05, 0.1) is 6.04 Å². The largest absolute Gasteiger partial charge is 0.329 e. The Hall–Kier alpha value is -1.64. The van der Waals surface area contributed by atoms with E-state index < -0.39 is 0 Å². The van der Waals surface area contributed by atoms with Crippen molar-refractivity contribution in [1.29, 1.82) is 0 Å². The fourth-order valence-corrected chi connectivity index (χ4v) is 2.94. The molecule has 0 spiro atoms. The summed E-state index contributed by atoms with van der Waals surface area (Å²) < 4.78 is 0. The van der Waals surface area contributed by atoms with E-state index in [1.165, 1.54) is 11.1 Å². The van der Waals surface area contributed by atoms with Gasteiger partial charge in [0.2, 0.25) is 5.78 Å². The topological polar surface area (TPSA) is 37.4 Å². The molecule has 3 nitrogen and oxygen atoms in total. The predicted octanol–water partition coefficient (Wildman–Crippen LogP) is 1.87. The molecule has 1 aliphatic heterocycles. The summed E-state index contributed by atoms with van der Waals surface area (Å²) in [5.41, 5.74) is 2.57. The SMILES string of the molecule is O=C1CCN(C2CCCc3ccccc32)C1=O. The third-order valence-electron chi connectivity index (χ3n) is 3.79. The predicted molar refractivity (Wildman–Crippen MR) is 63.5 cm³/mol. The highest BCUT2D eigenvalue weighted by Crippen LogP contribution is 2.35. The van der Waals surface area contributed by atoms with Crippen LogP contribution in [0.3, 0.4) is 0 Å². The Bertz CT molecular complexity index is 481. The van der Waals surface area contributed by atoms with Crippen LogP contribution in [0.1, 0.15) is 36.4 Å². The second-order valence-corrected chi connectivity index (χ2v) is 4.78. The number of aryl methyl sites for hydroxylation is 1. The maximum Gasteiger partial charge on any atom is 0.290 e. The Morgan fingerprint density at radius 1 is 1.12 bits per heavy atom. The minimum absolute atomic E-state index is 0.124. The number of ketones is 1. The summed E-state index contributed by atoms with van der Waals surface area (Å²) in [6.07, 6.45) is 3.55. The van der Waals surface area contributed by atoms with Crippen molar-refractivity contribution in [2.24, 2.45) is 0 Å². The van der Waals surface area contributed by atoms with Gasteiger partial charge in [-0.05, 0) is 30.4 Å². The van der Waals surface area contributed by atoms with Crippen LogP contribution in [0, 0.1) is 0 Å². The lowest BCUT2D eigenvalue weighted by molar-refractivity contribution is -0.141. The minimum Gasteiger partial charge on any atom is -0.329 e. The quantitative estimate of drug-likeness (QED) is 0.689. The van der Waals surface area contributed by atoms with Gasteiger partial charge in [-0.3, -0.25) is 9.59 Å². The highest BCUT2D eigenvalue weighted by molar-refractivity contribution is 6.37. The molecule has 3 heteroatoms. The van der Waals surface area contributed by atoms with Crippen molar-refractivity contribution in [3.05, 3.63) is 35.4 Å². The number of amides is 1. The van der Waals surface area contributed by atoms with Crippen molar-refractivity contribution < 1.29 is 9.59 Å². The molecule has 0 N–H and O–H groups in total. The smallest absolute Gasteiger partial charge is 0.290 e. The molecule has 1 amide bonds. The number of rotatable bonds is 1. The first kappa shape index (κ1) is 10.5. The molecule has 1 aliphatic carbocycles. The standard InChI is InChI=1S/C14H15NO2/c16-13-8-9-15(14(13)17)12-7-3-5-10-4-1-2-6-11(10)12/h1-2,4,6,12H,3,5,7-9H2. The van der Waals surface area contributed by atoms with Crippen molar-refractivity contribution in [2.75, 3.05) is 6.54 Å². The summed E-state index contributed by atoms with van der Waals surface area (Å²) in [7, 11) is 0. The zero-order chi connectivity index (χ0) is 11.8. The van der Waals surface area contributed by atoms with E-state index in [0.717, 1.165) is 19.3 Å². The Morgan fingerprint density at radius 3 is 2.71 bits per heavy atom. The van der Waals surface area contributed by atoms with Gasteiger partial charge in [-0.15, -0.1) is 0 Å². The fraction of sp³-hybridized carbons (Fsp3) is 0.429. The van der Waals surface area contributed by atoms with E-state index in [4.69, 9.17) is 0 Å². The second kappa shape index (κ2) is 3.99. The molecule has 1 aromatic rings. The van der Waals surface area contributed by atoms with Crippen LogP contribution in [0.4, 0.5) is 0 Å². The van der Waals surface area contributed by atoms with Crippen LogP contribution in [0.15, 0.2) is 24.3 Å². The molecule has 17 heavy (non-hydrogen) atoms. The number of benzene rings is 1. The van der Waals surface area contributed by atoms with Crippen molar-refractivity contribution in [3.63, 3.8) is 0 Å². The van der Waals surface area contributed by atoms with Gasteiger partial charge in [0.25, 0.3) is 5.91 Å². The molecule has 1 fully saturated rings. The van der Waals surface area contributed by atoms with Crippen LogP contribution in [-0.2, 0) is 16.0 Å². The average molecular weight is 229 g/mol. The summed E-state index contributed by atoms with van der Waals surface area (Å²) >= 11 is 0. The Balaban J connectivity index is 1.95. The molecule has 1 aromatic carbocycles. The lowest BCUT2D eigenvalue weighted by Gasteiger charge is -2.32. The Labute approximate surface area is 100 Å². The lowest BCUT2D eigenvalue weighted by atomic mass is 9.87. The zero-order valence-corrected chi connectivity index (χ0v) is 9.69. The first-order chi connectivity index (χ1) is 8.27. The number of carbonyl (C=O) groups excluding carboxylic acids is 2. The second-order valence-electron chi connectivity index (χ2n) is 4.78. The van der Waals surface area contributed by atoms with E-state index >= 15 is 0 Å². The molecule has 0 radical (unpaired) electrons. The maximum atomic E-state index is 11.8. The molecular formula is C14H15NO2. The number of nitrogens with zero attached hydrogens (tertiary/aromatic N) is 1. The molecule has 1 heterocycles. The maximum absolute atomic E-state index is 11.8. The fourth-order valence-electron chi connectivity index (χ4n) is 2.94. The van der Waals surface area contributed by atoms with E-state index in [1.807, 2.05) is 12.1 Å². The summed E-state index contributed by atoms with van der Waals surface area (Å²) in [6, 6.07) is 8.40. The zero-order valence-electron chi connectivity index (χ0n) is 9.69. The van der Waals surface area contributed by atoms with E-state index in [2.05, 4.69) is 12.1 Å². The van der Waals surface area contributed by atoms with Gasteiger partial charge < -0.3 is 4.90 Å². The van der Waals surface area contributed by atoms with Crippen LogP contribution in [-0.4, -0.2) is 23.1 Å². The monoisotopic (exact) mass is 229 g/mol. The summed E-state index contributed by atoms with van der Waals surface area (Å²) in [4.78, 5) is 24.9. The Kier molecular flexibility index (Phi) is 2.46. The third kappa shape index (κ3) is 1.66. The van der Waals surface area contributed by atoms with Gasteiger partial charge in [0, 0.05) is 13.0 Å². The number of Topliss-reactive ketones (excluding diaryl/α,β-unsaturated/α-hetero) is 1. The van der Waals surface area contributed by atoms with Crippen LogP contribution < -0.4 is 0 Å². The number of fused-ring (bicyclic) bond motifs is 1. The third-order valence-corrected chi connectivity index (χ3v) is 3.79. The molecule has 88 valence electrons. The van der Waals surface area contributed by atoms with Gasteiger partial charge in [-0.25, -0.2) is 0 Å². The molecule has 0 aromatic heterocycles. The van der Waals surface area contributed by atoms with Crippen molar-refractivity contribution in [1.82, 2.24) is 4.90 Å². The molecule has 1 unspecified atom stereocenters. The Morgan fingerprint density at radius 2 is 1.94 bits per heavy atom. The van der Waals surface area contributed by atoms with Gasteiger partial charge in [-0.1, -0.05) is 24.3 Å². The number of hydrogen-bond donors (Lipinski definition) is 0. The minimum atomic E-state index is -0.285. The van der Waals surface area contributed by atoms with Gasteiger partial charge in [-0.2, -0.15) is 0 Å². The molecule has 0 saturated carbocycles. The molecule has 1 atom stereocenters. The van der Waals surface area contributed by atoms with E-state index in [0.29, 0.717) is 13.0 Å². The van der Waals surface area contributed by atoms with Crippen molar-refractivity contribution in [2.45, 2.75) is 31.7 Å². The molecule has 0 bridgehead atoms. The van der Waals surface area contributed by atoms with Gasteiger partial charge >= 0.3 is 0 Å². The highest BCUT2D eigenvalue weighted by Gasteiger charge is 2.36. The van der Waals surface area contributed by atoms with Crippen LogP contribution in [0.2, 0.25) is 0 Å². The molecule has 2 aliphatic rings. The number of hydrogen-bond acceptors (Lipinski definition) is 2. The van der Waals surface area contributed by atoms with Crippen molar-refractivity contribution >= 4 is 11.7 Å². The molecule has 1 saturated heterocycles. The summed E-state index contributed by atoms with van der Waals surface area (Å²) in [6.45, 7) is 0.594. The van der Waals surface area contributed by atoms with Crippen molar-refractivity contribution in [3.8, 4) is 0 Å². The van der Waals surface area contributed by atoms with Gasteiger partial charge in [0.15, 0.2) is 0 Å². The summed E-state index contributed by atoms with van der Waals surface area (Å²) in [5, 5.41) is 0.